The summed E-state index contributed by atoms with van der Waals surface area (Å²) in [4.78, 5) is 30.9. The first-order valence-electron chi connectivity index (χ1n) is 11.0. The number of nitrogen functional groups attached to an aromatic ring is 1. The van der Waals surface area contributed by atoms with E-state index >= 15 is 0 Å². The minimum atomic E-state index is -1.85. The van der Waals surface area contributed by atoms with E-state index in [2.05, 4.69) is 27.2 Å². The highest BCUT2D eigenvalue weighted by molar-refractivity contribution is 14.1. The maximum absolute atomic E-state index is 13.5. The fraction of sp³-hybridized carbons (Fsp3) is 0.240. The molecule has 0 fully saturated rings. The number of anilines is 1. The number of carbonyl (C=O) groups is 1. The summed E-state index contributed by atoms with van der Waals surface area (Å²) >= 11 is 2.19. The summed E-state index contributed by atoms with van der Waals surface area (Å²) in [6, 6.07) is 9.58. The van der Waals surface area contributed by atoms with Crippen LogP contribution in [0.15, 0.2) is 47.5 Å². The molecule has 0 amide bonds. The van der Waals surface area contributed by atoms with E-state index in [0.717, 1.165) is 25.6 Å². The Hall–Kier alpha value is -3.18. The fourth-order valence-electron chi connectivity index (χ4n) is 5.04. The number of pyridine rings is 2. The fourth-order valence-corrected chi connectivity index (χ4v) is 5.49. The van der Waals surface area contributed by atoms with Crippen LogP contribution in [-0.4, -0.2) is 25.2 Å². The summed E-state index contributed by atoms with van der Waals surface area (Å²) < 4.78 is 9.81. The zero-order valence-corrected chi connectivity index (χ0v) is 20.5. The molecule has 0 radical (unpaired) electrons. The number of hydrogen-bond donors (Lipinski definition) is 2. The first kappa shape index (κ1) is 21.4. The molecule has 2 aliphatic rings. The number of fused-ring (bicyclic) bond motifs is 5. The van der Waals surface area contributed by atoms with Crippen LogP contribution in [0.4, 0.5) is 5.69 Å². The third-order valence-electron chi connectivity index (χ3n) is 6.93. The molecule has 172 valence electrons. The Morgan fingerprint density at radius 1 is 1.21 bits per heavy atom. The van der Waals surface area contributed by atoms with Crippen molar-refractivity contribution in [3.05, 3.63) is 78.9 Å². The third-order valence-corrected chi connectivity index (χ3v) is 7.87. The quantitative estimate of drug-likeness (QED) is 0.197. The van der Waals surface area contributed by atoms with Crippen molar-refractivity contribution in [1.29, 1.82) is 0 Å². The van der Waals surface area contributed by atoms with E-state index in [9.17, 15) is 14.7 Å². The van der Waals surface area contributed by atoms with Crippen LogP contribution in [0.5, 0.6) is 0 Å². The second-order valence-electron chi connectivity index (χ2n) is 8.77. The van der Waals surface area contributed by atoms with Crippen molar-refractivity contribution >= 4 is 45.2 Å². The second kappa shape index (κ2) is 7.41. The van der Waals surface area contributed by atoms with Gasteiger partial charge < -0.3 is 24.7 Å². The van der Waals surface area contributed by atoms with Gasteiger partial charge in [-0.2, -0.15) is 0 Å². The molecule has 1 aromatic carbocycles. The number of aliphatic hydroxyl groups is 1. The number of ether oxygens (including phenoxy) is 1. The number of rotatable bonds is 3. The van der Waals surface area contributed by atoms with Gasteiger partial charge in [0.25, 0.3) is 5.56 Å². The van der Waals surface area contributed by atoms with Gasteiger partial charge in [0.05, 0.1) is 29.0 Å². The standard InChI is InChI=1S/C25H21IN4O4/c1-2-25(33)17-8-21-22-15(11-30(21)23(31)16(17)12-34-24(25)32)14(10-29-5-3-4-6-29)13-7-19(27)18(26)9-20(13)28-22/h3-9,33H,2,10-12,27H2,1H3/t25-/m0/s1. The molecular formula is C25H21IN4O4. The predicted molar refractivity (Wildman–Crippen MR) is 135 cm³/mol. The van der Waals surface area contributed by atoms with Gasteiger partial charge in [-0.15, -0.1) is 0 Å². The first-order chi connectivity index (χ1) is 16.3. The van der Waals surface area contributed by atoms with E-state index in [-0.39, 0.29) is 18.6 Å². The van der Waals surface area contributed by atoms with E-state index in [4.69, 9.17) is 15.5 Å². The van der Waals surface area contributed by atoms with Gasteiger partial charge in [0.15, 0.2) is 5.60 Å². The van der Waals surface area contributed by atoms with Gasteiger partial charge >= 0.3 is 5.97 Å². The number of nitrogens with two attached hydrogens (primary N) is 1. The van der Waals surface area contributed by atoms with Crippen LogP contribution in [0.1, 0.15) is 35.6 Å². The number of nitrogens with zero attached hydrogens (tertiary/aromatic N) is 3. The lowest BCUT2D eigenvalue weighted by atomic mass is 9.86. The molecule has 3 N–H and O–H groups in total. The monoisotopic (exact) mass is 568 g/mol. The number of carbonyl (C=O) groups excluding carboxylic acids is 1. The number of aromatic nitrogens is 3. The van der Waals surface area contributed by atoms with Crippen LogP contribution >= 0.6 is 22.6 Å². The van der Waals surface area contributed by atoms with E-state index in [0.29, 0.717) is 41.3 Å². The highest BCUT2D eigenvalue weighted by Gasteiger charge is 2.45. The number of esters is 1. The molecule has 6 rings (SSSR count). The van der Waals surface area contributed by atoms with Crippen LogP contribution in [-0.2, 0) is 34.8 Å². The lowest BCUT2D eigenvalue weighted by Gasteiger charge is -2.31. The summed E-state index contributed by atoms with van der Waals surface area (Å²) in [5.74, 6) is -0.727. The van der Waals surface area contributed by atoms with Gasteiger partial charge in [-0.25, -0.2) is 9.78 Å². The smallest absolute Gasteiger partial charge is 0.343 e. The molecule has 4 aromatic rings. The van der Waals surface area contributed by atoms with Crippen molar-refractivity contribution in [2.75, 3.05) is 5.73 Å². The summed E-state index contributed by atoms with van der Waals surface area (Å²) in [7, 11) is 0. The van der Waals surface area contributed by atoms with E-state index in [1.807, 2.05) is 36.7 Å². The Morgan fingerprint density at radius 2 is 1.97 bits per heavy atom. The molecule has 8 nitrogen and oxygen atoms in total. The number of hydrogen-bond acceptors (Lipinski definition) is 6. The van der Waals surface area contributed by atoms with Gasteiger partial charge in [-0.1, -0.05) is 6.92 Å². The van der Waals surface area contributed by atoms with Gasteiger partial charge in [0, 0.05) is 44.7 Å². The Labute approximate surface area is 208 Å². The SMILES string of the molecule is CC[C@@]1(O)C(=O)OCc2c1cc1n(c2=O)Cc2c-1nc1cc(I)c(N)cc1c2Cn1cccc1. The minimum Gasteiger partial charge on any atom is -0.458 e. The average Bonchev–Trinajstić information content (AvgIpc) is 3.46. The molecule has 2 aliphatic heterocycles. The molecule has 0 unspecified atom stereocenters. The second-order valence-corrected chi connectivity index (χ2v) is 9.93. The molecule has 0 bridgehead atoms. The highest BCUT2D eigenvalue weighted by atomic mass is 127. The largest absolute Gasteiger partial charge is 0.458 e. The number of halogens is 1. The van der Waals surface area contributed by atoms with Crippen LogP contribution in [0, 0.1) is 3.57 Å². The zero-order chi connectivity index (χ0) is 23.8. The summed E-state index contributed by atoms with van der Waals surface area (Å²) in [6.45, 7) is 2.49. The normalized spacial score (nSPS) is 18.5. The first-order valence-corrected chi connectivity index (χ1v) is 12.1. The molecule has 5 heterocycles. The topological polar surface area (TPSA) is 112 Å². The lowest BCUT2D eigenvalue weighted by Crippen LogP contribution is -2.44. The van der Waals surface area contributed by atoms with Crippen LogP contribution < -0.4 is 11.3 Å². The number of cyclic esters (lactones) is 1. The van der Waals surface area contributed by atoms with Crippen molar-refractivity contribution in [2.45, 2.75) is 38.6 Å². The van der Waals surface area contributed by atoms with Crippen LogP contribution in [0.25, 0.3) is 22.3 Å². The molecule has 0 saturated heterocycles. The summed E-state index contributed by atoms with van der Waals surface area (Å²) in [6.07, 6.45) is 4.09. The van der Waals surface area contributed by atoms with Crippen LogP contribution in [0.3, 0.4) is 0 Å². The van der Waals surface area contributed by atoms with Crippen molar-refractivity contribution in [1.82, 2.24) is 14.1 Å². The van der Waals surface area contributed by atoms with Crippen LogP contribution in [0.2, 0.25) is 0 Å². The Balaban J connectivity index is 1.65. The lowest BCUT2D eigenvalue weighted by molar-refractivity contribution is -0.172. The Kier molecular flexibility index (Phi) is 4.65. The van der Waals surface area contributed by atoms with Crippen molar-refractivity contribution in [3.63, 3.8) is 0 Å². The zero-order valence-electron chi connectivity index (χ0n) is 18.3. The molecule has 34 heavy (non-hydrogen) atoms. The van der Waals surface area contributed by atoms with E-state index < -0.39 is 11.6 Å². The molecule has 0 saturated carbocycles. The third kappa shape index (κ3) is 2.89. The Morgan fingerprint density at radius 3 is 2.71 bits per heavy atom. The van der Waals surface area contributed by atoms with Gasteiger partial charge in [-0.05, 0) is 64.9 Å². The van der Waals surface area contributed by atoms with Crippen molar-refractivity contribution in [3.8, 4) is 11.4 Å². The molecular weight excluding hydrogens is 547 g/mol. The van der Waals surface area contributed by atoms with Crippen molar-refractivity contribution < 1.29 is 14.6 Å². The Bertz CT molecular complexity index is 1570. The molecule has 0 spiro atoms. The van der Waals surface area contributed by atoms with E-state index in [1.54, 1.807) is 17.6 Å². The van der Waals surface area contributed by atoms with Gasteiger partial charge in [-0.3, -0.25) is 4.79 Å². The molecule has 3 aromatic heterocycles. The maximum Gasteiger partial charge on any atom is 0.343 e. The van der Waals surface area contributed by atoms with Crippen molar-refractivity contribution in [2.24, 2.45) is 0 Å². The highest BCUT2D eigenvalue weighted by Crippen LogP contribution is 2.41. The average molecular weight is 568 g/mol. The van der Waals surface area contributed by atoms with Gasteiger partial charge in [0.1, 0.15) is 6.61 Å². The summed E-state index contributed by atoms with van der Waals surface area (Å²) in [5.41, 5.74) is 9.49. The number of benzene rings is 1. The molecule has 1 atom stereocenters. The van der Waals surface area contributed by atoms with E-state index in [1.165, 1.54) is 0 Å². The predicted octanol–water partition coefficient (Wildman–Crippen LogP) is 3.12. The van der Waals surface area contributed by atoms with Gasteiger partial charge in [0.2, 0.25) is 0 Å². The molecule has 0 aliphatic carbocycles. The maximum atomic E-state index is 13.5. The summed E-state index contributed by atoms with van der Waals surface area (Å²) in [5, 5.41) is 12.1. The molecule has 9 heteroatoms. The minimum absolute atomic E-state index is 0.107.